The fourth-order valence-electron chi connectivity index (χ4n) is 2.21. The lowest BCUT2D eigenvalue weighted by molar-refractivity contribution is -0.126. The van der Waals surface area contributed by atoms with Crippen molar-refractivity contribution in [2.45, 2.75) is 46.6 Å². The van der Waals surface area contributed by atoms with Crippen LogP contribution in [0.5, 0.6) is 0 Å². The number of urea groups is 1. The lowest BCUT2D eigenvalue weighted by atomic mass is 9.82. The molecule has 4 nitrogen and oxygen atoms in total. The number of nitrogens with zero attached hydrogens (tertiary/aromatic N) is 1. The molecule has 0 spiro atoms. The van der Waals surface area contributed by atoms with Crippen LogP contribution in [0.3, 0.4) is 0 Å². The van der Waals surface area contributed by atoms with Crippen LogP contribution in [-0.4, -0.2) is 35.8 Å². The Hall–Kier alpha value is -1.06. The van der Waals surface area contributed by atoms with E-state index in [1.807, 2.05) is 27.7 Å². The summed E-state index contributed by atoms with van der Waals surface area (Å²) in [7, 11) is 0. The van der Waals surface area contributed by atoms with Crippen LogP contribution < -0.4 is 5.32 Å². The number of hydrogen-bond acceptors (Lipinski definition) is 2. The molecule has 1 aliphatic rings. The fourth-order valence-corrected chi connectivity index (χ4v) is 2.21. The monoisotopic (exact) mass is 226 g/mol. The molecular weight excluding hydrogens is 204 g/mol. The van der Waals surface area contributed by atoms with Crippen molar-refractivity contribution in [3.63, 3.8) is 0 Å². The molecule has 0 bridgehead atoms. The average Bonchev–Trinajstić information content (AvgIpc) is 2.19. The Labute approximate surface area is 97.4 Å². The second-order valence-corrected chi connectivity index (χ2v) is 5.37. The van der Waals surface area contributed by atoms with Gasteiger partial charge in [-0.1, -0.05) is 27.7 Å². The lowest BCUT2D eigenvalue weighted by Gasteiger charge is -2.40. The Bertz CT molecular complexity index is 281. The molecule has 4 heteroatoms. The Kier molecular flexibility index (Phi) is 3.94. The molecule has 1 atom stereocenters. The summed E-state index contributed by atoms with van der Waals surface area (Å²) >= 11 is 0. The smallest absolute Gasteiger partial charge is 0.318 e. The summed E-state index contributed by atoms with van der Waals surface area (Å²) in [5.41, 5.74) is -0.207. The van der Waals surface area contributed by atoms with Gasteiger partial charge in [0.25, 0.3) is 0 Å². The van der Waals surface area contributed by atoms with Gasteiger partial charge in [-0.3, -0.25) is 4.79 Å². The standard InChI is InChI=1S/C12H22N2O2/c1-5-9(15)10(12(2,3)4)14-8-6-7-13-11(14)16/h10H,5-8H2,1-4H3,(H,13,16). The first-order valence-electron chi connectivity index (χ1n) is 5.95. The summed E-state index contributed by atoms with van der Waals surface area (Å²) in [5.74, 6) is 0.143. The van der Waals surface area contributed by atoms with Crippen LogP contribution in [0.1, 0.15) is 40.5 Å². The molecule has 16 heavy (non-hydrogen) atoms. The van der Waals surface area contributed by atoms with E-state index in [-0.39, 0.29) is 23.3 Å². The van der Waals surface area contributed by atoms with Gasteiger partial charge in [-0.15, -0.1) is 0 Å². The highest BCUT2D eigenvalue weighted by atomic mass is 16.2. The van der Waals surface area contributed by atoms with Crippen LogP contribution in [0.2, 0.25) is 0 Å². The van der Waals surface area contributed by atoms with E-state index in [2.05, 4.69) is 5.32 Å². The van der Waals surface area contributed by atoms with Crippen molar-refractivity contribution >= 4 is 11.8 Å². The highest BCUT2D eigenvalue weighted by molar-refractivity contribution is 5.89. The highest BCUT2D eigenvalue weighted by Crippen LogP contribution is 2.27. The van der Waals surface area contributed by atoms with Crippen molar-refractivity contribution < 1.29 is 9.59 Å². The molecule has 1 saturated heterocycles. The summed E-state index contributed by atoms with van der Waals surface area (Å²) < 4.78 is 0. The SMILES string of the molecule is CCC(=O)C(N1CCCNC1=O)C(C)(C)C. The van der Waals surface area contributed by atoms with Crippen molar-refractivity contribution in [2.75, 3.05) is 13.1 Å². The van der Waals surface area contributed by atoms with E-state index in [0.717, 1.165) is 6.42 Å². The zero-order chi connectivity index (χ0) is 12.3. The van der Waals surface area contributed by atoms with Gasteiger partial charge in [0.2, 0.25) is 0 Å². The van der Waals surface area contributed by atoms with Crippen LogP contribution in [-0.2, 0) is 4.79 Å². The van der Waals surface area contributed by atoms with Crippen LogP contribution in [0, 0.1) is 5.41 Å². The van der Waals surface area contributed by atoms with Crippen molar-refractivity contribution in [2.24, 2.45) is 5.41 Å². The zero-order valence-electron chi connectivity index (χ0n) is 10.7. The molecule has 1 heterocycles. The van der Waals surface area contributed by atoms with Gasteiger partial charge in [-0.05, 0) is 11.8 Å². The predicted octanol–water partition coefficient (Wildman–Crippen LogP) is 1.80. The maximum absolute atomic E-state index is 12.0. The van der Waals surface area contributed by atoms with Gasteiger partial charge in [0.1, 0.15) is 0 Å². The fraction of sp³-hybridized carbons (Fsp3) is 0.833. The van der Waals surface area contributed by atoms with E-state index in [1.54, 1.807) is 4.90 Å². The van der Waals surface area contributed by atoms with Gasteiger partial charge in [0, 0.05) is 19.5 Å². The van der Waals surface area contributed by atoms with E-state index in [0.29, 0.717) is 19.5 Å². The summed E-state index contributed by atoms with van der Waals surface area (Å²) in [6.45, 7) is 9.27. The van der Waals surface area contributed by atoms with Gasteiger partial charge >= 0.3 is 6.03 Å². The first-order valence-corrected chi connectivity index (χ1v) is 5.95. The number of ketones is 1. The molecule has 1 N–H and O–H groups in total. The zero-order valence-corrected chi connectivity index (χ0v) is 10.7. The van der Waals surface area contributed by atoms with Gasteiger partial charge in [0.15, 0.2) is 5.78 Å². The summed E-state index contributed by atoms with van der Waals surface area (Å²) in [6.07, 6.45) is 1.39. The molecule has 1 fully saturated rings. The molecule has 92 valence electrons. The number of hydrogen-bond donors (Lipinski definition) is 1. The number of carbonyl (C=O) groups is 2. The predicted molar refractivity (Wildman–Crippen MR) is 63.3 cm³/mol. The number of amides is 2. The Balaban J connectivity index is 2.91. The molecule has 0 aromatic heterocycles. The lowest BCUT2D eigenvalue weighted by Crippen LogP contribution is -2.58. The van der Waals surface area contributed by atoms with Crippen molar-refractivity contribution in [3.05, 3.63) is 0 Å². The van der Waals surface area contributed by atoms with E-state index in [4.69, 9.17) is 0 Å². The van der Waals surface area contributed by atoms with E-state index in [9.17, 15) is 9.59 Å². The summed E-state index contributed by atoms with van der Waals surface area (Å²) in [6, 6.07) is -0.411. The van der Waals surface area contributed by atoms with E-state index >= 15 is 0 Å². The average molecular weight is 226 g/mol. The Morgan fingerprint density at radius 1 is 1.50 bits per heavy atom. The van der Waals surface area contributed by atoms with E-state index in [1.165, 1.54) is 0 Å². The van der Waals surface area contributed by atoms with Crippen molar-refractivity contribution in [1.82, 2.24) is 10.2 Å². The normalized spacial score (nSPS) is 19.2. The maximum atomic E-state index is 12.0. The van der Waals surface area contributed by atoms with Crippen LogP contribution >= 0.6 is 0 Å². The minimum absolute atomic E-state index is 0.104. The maximum Gasteiger partial charge on any atom is 0.318 e. The second-order valence-electron chi connectivity index (χ2n) is 5.37. The highest BCUT2D eigenvalue weighted by Gasteiger charge is 2.38. The van der Waals surface area contributed by atoms with Crippen molar-refractivity contribution in [3.8, 4) is 0 Å². The van der Waals surface area contributed by atoms with Crippen LogP contribution in [0.15, 0.2) is 0 Å². The van der Waals surface area contributed by atoms with Crippen LogP contribution in [0.25, 0.3) is 0 Å². The molecular formula is C12H22N2O2. The van der Waals surface area contributed by atoms with Gasteiger partial charge in [0.05, 0.1) is 6.04 Å². The third-order valence-corrected chi connectivity index (χ3v) is 2.90. The second kappa shape index (κ2) is 4.85. The topological polar surface area (TPSA) is 49.4 Å². The van der Waals surface area contributed by atoms with E-state index < -0.39 is 0 Å². The largest absolute Gasteiger partial charge is 0.338 e. The molecule has 2 amide bonds. The Morgan fingerprint density at radius 3 is 2.56 bits per heavy atom. The third-order valence-electron chi connectivity index (χ3n) is 2.90. The van der Waals surface area contributed by atoms with Crippen LogP contribution in [0.4, 0.5) is 4.79 Å². The number of carbonyl (C=O) groups excluding carboxylic acids is 2. The van der Waals surface area contributed by atoms with Crippen molar-refractivity contribution in [1.29, 1.82) is 0 Å². The third kappa shape index (κ3) is 2.74. The number of rotatable bonds is 3. The molecule has 0 aromatic rings. The molecule has 0 aromatic carbocycles. The number of Topliss-reactive ketones (excluding diaryl/α,β-unsaturated/α-hetero) is 1. The summed E-state index contributed by atoms with van der Waals surface area (Å²) in [5, 5.41) is 2.80. The van der Waals surface area contributed by atoms with Gasteiger partial charge < -0.3 is 10.2 Å². The first-order chi connectivity index (χ1) is 7.38. The molecule has 0 aliphatic carbocycles. The molecule has 0 radical (unpaired) electrons. The minimum Gasteiger partial charge on any atom is -0.338 e. The quantitative estimate of drug-likeness (QED) is 0.797. The Morgan fingerprint density at radius 2 is 2.12 bits per heavy atom. The van der Waals surface area contributed by atoms with Gasteiger partial charge in [-0.25, -0.2) is 4.79 Å². The summed E-state index contributed by atoms with van der Waals surface area (Å²) in [4.78, 5) is 25.4. The molecule has 1 aliphatic heterocycles. The first kappa shape index (κ1) is 13.0. The van der Waals surface area contributed by atoms with Gasteiger partial charge in [-0.2, -0.15) is 0 Å². The number of nitrogens with one attached hydrogen (secondary N) is 1. The molecule has 0 saturated carbocycles. The minimum atomic E-state index is -0.308. The molecule has 1 unspecified atom stereocenters. The molecule has 1 rings (SSSR count).